The van der Waals surface area contributed by atoms with Crippen LogP contribution in [0.15, 0.2) is 0 Å². The minimum absolute atomic E-state index is 0.417. The third-order valence-corrected chi connectivity index (χ3v) is 0. The molecule has 4 nitrogen and oxygen atoms in total. The van der Waals surface area contributed by atoms with Crippen LogP contribution in [0.5, 0.6) is 0 Å². The molecule has 9 heavy (non-hydrogen) atoms. The monoisotopic (exact) mass is 190 g/mol. The zero-order valence-electron chi connectivity index (χ0n) is 4.67. The molecule has 54 valence electrons. The van der Waals surface area contributed by atoms with Crippen molar-refractivity contribution in [2.45, 2.75) is 12.2 Å². The molecule has 0 bridgehead atoms. The van der Waals surface area contributed by atoms with E-state index in [4.69, 9.17) is 18.6 Å². The molecule has 0 rings (SSSR count). The molecule has 0 heterocycles. The van der Waals surface area contributed by atoms with Crippen LogP contribution in [0.3, 0.4) is 0 Å². The summed E-state index contributed by atoms with van der Waals surface area (Å²) < 4.78 is 32.9. The van der Waals surface area contributed by atoms with Gasteiger partial charge in [-0.1, -0.05) is 0 Å². The molecule has 0 aromatic rings. The second-order valence-electron chi connectivity index (χ2n) is 0.534. The minimum Gasteiger partial charge on any atom is -0.544 e. The van der Waals surface area contributed by atoms with E-state index >= 15 is 0 Å². The van der Waals surface area contributed by atoms with Gasteiger partial charge in [-0.15, -0.1) is 0 Å². The van der Waals surface area contributed by atoms with Gasteiger partial charge in [0.2, 0.25) is 0 Å². The number of hydrogen-bond donors (Lipinski definition) is 0. The normalized spacial score (nSPS) is 6.11. The van der Waals surface area contributed by atoms with Crippen molar-refractivity contribution in [3.63, 3.8) is 0 Å². The van der Waals surface area contributed by atoms with Gasteiger partial charge in [0.1, 0.15) is 0 Å². The Morgan fingerprint density at radius 1 is 1.11 bits per heavy atom. The van der Waals surface area contributed by atoms with E-state index in [0.29, 0.717) is 0 Å². The smallest absolute Gasteiger partial charge is 0.0878 e. The predicted octanol–water partition coefficient (Wildman–Crippen LogP) is -4.16. The van der Waals surface area contributed by atoms with Gasteiger partial charge in [0.15, 0.2) is 0 Å². The fourth-order valence-electron chi connectivity index (χ4n) is 0. The van der Waals surface area contributed by atoms with Crippen molar-refractivity contribution in [2.24, 2.45) is 0 Å². The molecule has 0 aromatic heterocycles. The van der Waals surface area contributed by atoms with E-state index in [-0.39, 0.29) is 0 Å². The fraction of sp³-hybridized carbons (Fsp3) is 1.00. The van der Waals surface area contributed by atoms with Crippen LogP contribution in [-0.2, 0) is 0 Å². The Kier molecular flexibility index (Phi) is 66.5. The van der Waals surface area contributed by atoms with Crippen molar-refractivity contribution in [2.75, 3.05) is 0 Å². The third kappa shape index (κ3) is 477. The van der Waals surface area contributed by atoms with Gasteiger partial charge in [-0.3, -0.25) is 0 Å². The summed E-state index contributed by atoms with van der Waals surface area (Å²) in [5.41, 5.74) is 0. The van der Waals surface area contributed by atoms with E-state index in [0.717, 1.165) is 0 Å². The van der Waals surface area contributed by atoms with E-state index in [1.807, 2.05) is 0 Å². The summed E-state index contributed by atoms with van der Waals surface area (Å²) in [6.07, 6.45) is 0. The molecular weight excluding hydrogens is 186 g/mol. The molecule has 0 aliphatic carbocycles. The van der Waals surface area contributed by atoms with Gasteiger partial charge in [-0.25, -0.2) is 0 Å². The van der Waals surface area contributed by atoms with Crippen molar-refractivity contribution < 1.29 is 41.3 Å². The van der Waals surface area contributed by atoms with Crippen LogP contribution in [-0.4, -0.2) is 16.3 Å². The summed E-state index contributed by atoms with van der Waals surface area (Å²) in [6.45, 7) is 2.09. The third-order valence-electron chi connectivity index (χ3n) is 0. The number of halogens is 2. The Morgan fingerprint density at radius 3 is 1.11 bits per heavy atom. The van der Waals surface area contributed by atoms with E-state index in [1.54, 1.807) is 0 Å². The van der Waals surface area contributed by atoms with E-state index in [9.17, 15) is 0 Å². The van der Waals surface area contributed by atoms with Crippen LogP contribution < -0.4 is 18.6 Å². The predicted molar refractivity (Wildman–Crippen MR) is 16.2 cm³/mol. The molecule has 0 N–H and O–H groups in total. The van der Waals surface area contributed by atoms with Crippen LogP contribution in [0.1, 0.15) is 6.92 Å². The van der Waals surface area contributed by atoms with Gasteiger partial charge in [0.25, 0.3) is 0 Å². The van der Waals surface area contributed by atoms with Crippen LogP contribution in [0.25, 0.3) is 0 Å². The summed E-state index contributed by atoms with van der Waals surface area (Å²) in [5.74, 6) is 0. The molecule has 0 unspecified atom stereocenters. The zero-order chi connectivity index (χ0) is 8.12. The first-order chi connectivity index (χ1) is 4.24. The largest absolute Gasteiger partial charge is 0.544 e. The molecule has 0 saturated heterocycles. The van der Waals surface area contributed by atoms with E-state index in [2.05, 4.69) is 23.2 Å². The zero-order valence-corrected chi connectivity index (χ0v) is 7.34. The summed E-state index contributed by atoms with van der Waals surface area (Å²) in [6, 6.07) is 0. The van der Waals surface area contributed by atoms with Gasteiger partial charge < -0.3 is 18.6 Å². The van der Waals surface area contributed by atoms with Crippen molar-refractivity contribution in [1.82, 2.24) is 0 Å². The second kappa shape index (κ2) is 36.2. The van der Waals surface area contributed by atoms with Crippen molar-refractivity contribution in [3.05, 3.63) is 0 Å². The Labute approximate surface area is 70.1 Å². The van der Waals surface area contributed by atoms with Crippen molar-refractivity contribution in [3.8, 4) is 0 Å². The standard InChI is InChI=1S/C2H5.Al.2ClO2/c1-2;;2*2-1-3/h1H2,2H3;;;/q;+2;2*-1. The molecule has 7 heteroatoms. The van der Waals surface area contributed by atoms with Crippen LogP contribution >= 0.6 is 0 Å². The maximum Gasteiger partial charge on any atom is 0.0878 e. The first kappa shape index (κ1) is 16.5. The van der Waals surface area contributed by atoms with E-state index in [1.165, 1.54) is 5.28 Å². The molecule has 0 atom stereocenters. The average molecular weight is 191 g/mol. The summed E-state index contributed by atoms with van der Waals surface area (Å²) >= 11 is 1.75. The van der Waals surface area contributed by atoms with Gasteiger partial charge in [0, 0.05) is 0 Å². The summed E-state index contributed by atoms with van der Waals surface area (Å²) in [7, 11) is 0. The Morgan fingerprint density at radius 2 is 1.11 bits per heavy atom. The average Bonchev–Trinajstić information content (AvgIpc) is 1.70. The molecule has 0 radical (unpaired) electrons. The molecular formula is C2H5AlCl2O4. The molecule has 0 aliphatic rings. The van der Waals surface area contributed by atoms with Crippen LogP contribution in [0, 0.1) is 22.7 Å². The maximum absolute atomic E-state index is 8.24. The molecule has 0 amide bonds. The molecule has 0 aromatic carbocycles. The van der Waals surface area contributed by atoms with Gasteiger partial charge in [-0.05, 0) is 0 Å². The second-order valence-corrected chi connectivity index (χ2v) is 1.60. The Hall–Kier alpha value is 0.952. The number of hydrogen-bond acceptors (Lipinski definition) is 4. The summed E-state index contributed by atoms with van der Waals surface area (Å²) in [5, 5.41) is 1.17. The minimum atomic E-state index is -0.417. The quantitative estimate of drug-likeness (QED) is 0.363. The maximum atomic E-state index is 8.24. The first-order valence-electron chi connectivity index (χ1n) is 1.73. The first-order valence-corrected chi connectivity index (χ1v) is 3.78. The van der Waals surface area contributed by atoms with E-state index < -0.39 is 22.7 Å². The van der Waals surface area contributed by atoms with Crippen LogP contribution in [0.4, 0.5) is 0 Å². The van der Waals surface area contributed by atoms with Gasteiger partial charge in [0.05, 0.1) is 22.7 Å². The molecule has 0 fully saturated rings. The number of rotatable bonds is 0. The summed E-state index contributed by atoms with van der Waals surface area (Å²) in [4.78, 5) is 0. The Balaban J connectivity index is -0.0000000600. The fourth-order valence-corrected chi connectivity index (χ4v) is 0. The van der Waals surface area contributed by atoms with Crippen molar-refractivity contribution in [1.29, 1.82) is 0 Å². The SMILES string of the molecule is C[CH2][Al+2].[O-][Cl+][O-].[O-][Cl+][O-]. The molecule has 0 aliphatic heterocycles. The molecule has 0 saturated carbocycles. The molecule has 0 spiro atoms. The van der Waals surface area contributed by atoms with Crippen LogP contribution in [0.2, 0.25) is 5.28 Å². The topological polar surface area (TPSA) is 92.2 Å². The van der Waals surface area contributed by atoms with Gasteiger partial charge in [-0.2, -0.15) is 0 Å². The van der Waals surface area contributed by atoms with Gasteiger partial charge >= 0.3 is 28.5 Å². The van der Waals surface area contributed by atoms with Crippen molar-refractivity contribution >= 4 is 16.3 Å². The Bertz CT molecular complexity index is 21.3.